The average Bonchev–Trinajstić information content (AvgIpc) is 2.76. The summed E-state index contributed by atoms with van der Waals surface area (Å²) in [5.74, 6) is -0.457. The van der Waals surface area contributed by atoms with Crippen LogP contribution in [0.4, 0.5) is 10.1 Å². The Morgan fingerprint density at radius 2 is 1.94 bits per heavy atom. The first-order chi connectivity index (χ1) is 8.08. The zero-order chi connectivity index (χ0) is 12.4. The van der Waals surface area contributed by atoms with E-state index in [1.54, 1.807) is 12.5 Å². The quantitative estimate of drug-likeness (QED) is 0.861. The molecular formula is C12H10Cl2FNO. The molecule has 0 saturated heterocycles. The SMILES string of the molecule is CC(Nc1c(Cl)cc(F)cc1Cl)c1ccoc1. The van der Waals surface area contributed by atoms with E-state index < -0.39 is 5.82 Å². The van der Waals surface area contributed by atoms with Crippen molar-refractivity contribution in [1.82, 2.24) is 0 Å². The Bertz CT molecular complexity index is 490. The van der Waals surface area contributed by atoms with Gasteiger partial charge in [0, 0.05) is 5.56 Å². The highest BCUT2D eigenvalue weighted by atomic mass is 35.5. The highest BCUT2D eigenvalue weighted by Gasteiger charge is 2.13. The number of halogens is 3. The molecule has 1 aromatic heterocycles. The molecule has 0 aliphatic rings. The van der Waals surface area contributed by atoms with Gasteiger partial charge in [-0.2, -0.15) is 0 Å². The van der Waals surface area contributed by atoms with Gasteiger partial charge in [0.05, 0.1) is 34.3 Å². The lowest BCUT2D eigenvalue weighted by Gasteiger charge is -2.16. The van der Waals surface area contributed by atoms with Crippen molar-refractivity contribution in [2.45, 2.75) is 13.0 Å². The van der Waals surface area contributed by atoms with Crippen molar-refractivity contribution < 1.29 is 8.81 Å². The molecule has 0 amide bonds. The van der Waals surface area contributed by atoms with Gasteiger partial charge < -0.3 is 9.73 Å². The van der Waals surface area contributed by atoms with Crippen LogP contribution in [0.15, 0.2) is 35.1 Å². The number of benzene rings is 1. The van der Waals surface area contributed by atoms with Crippen LogP contribution in [0.5, 0.6) is 0 Å². The van der Waals surface area contributed by atoms with Crippen molar-refractivity contribution >= 4 is 28.9 Å². The summed E-state index contributed by atoms with van der Waals surface area (Å²) in [4.78, 5) is 0. The second-order valence-corrected chi connectivity index (χ2v) is 4.48. The van der Waals surface area contributed by atoms with Crippen molar-refractivity contribution in [3.05, 3.63) is 52.2 Å². The topological polar surface area (TPSA) is 25.2 Å². The fraction of sp³-hybridized carbons (Fsp3) is 0.167. The summed E-state index contributed by atoms with van der Waals surface area (Å²) in [6.45, 7) is 1.93. The highest BCUT2D eigenvalue weighted by Crippen LogP contribution is 2.34. The van der Waals surface area contributed by atoms with E-state index in [1.165, 1.54) is 12.1 Å². The third kappa shape index (κ3) is 2.73. The van der Waals surface area contributed by atoms with Gasteiger partial charge in [0.1, 0.15) is 5.82 Å². The normalized spacial score (nSPS) is 12.5. The van der Waals surface area contributed by atoms with Gasteiger partial charge in [0.25, 0.3) is 0 Å². The summed E-state index contributed by atoms with van der Waals surface area (Å²) in [5, 5.41) is 3.63. The molecule has 2 rings (SSSR count). The van der Waals surface area contributed by atoms with Gasteiger partial charge in [-0.1, -0.05) is 23.2 Å². The molecule has 1 atom stereocenters. The van der Waals surface area contributed by atoms with Crippen molar-refractivity contribution in [2.75, 3.05) is 5.32 Å². The summed E-state index contributed by atoms with van der Waals surface area (Å²) in [6.07, 6.45) is 3.21. The summed E-state index contributed by atoms with van der Waals surface area (Å²) in [6, 6.07) is 4.24. The van der Waals surface area contributed by atoms with E-state index in [9.17, 15) is 4.39 Å². The minimum atomic E-state index is -0.457. The standard InChI is InChI=1S/C12H10Cl2FNO/c1-7(8-2-3-17-6-8)16-12-10(13)4-9(15)5-11(12)14/h2-7,16H,1H3. The van der Waals surface area contributed by atoms with Crippen LogP contribution in [-0.2, 0) is 0 Å². The van der Waals surface area contributed by atoms with Crippen LogP contribution in [0.1, 0.15) is 18.5 Å². The molecule has 5 heteroatoms. The molecule has 0 aliphatic carbocycles. The molecule has 0 fully saturated rings. The van der Waals surface area contributed by atoms with E-state index in [4.69, 9.17) is 27.6 Å². The van der Waals surface area contributed by atoms with Gasteiger partial charge in [-0.05, 0) is 25.1 Å². The predicted octanol–water partition coefficient (Wildman–Crippen LogP) is 4.90. The molecule has 1 N–H and O–H groups in total. The second-order valence-electron chi connectivity index (χ2n) is 3.67. The molecular weight excluding hydrogens is 264 g/mol. The maximum atomic E-state index is 13.0. The zero-order valence-corrected chi connectivity index (χ0v) is 10.5. The van der Waals surface area contributed by atoms with Crippen LogP contribution < -0.4 is 5.32 Å². The van der Waals surface area contributed by atoms with Gasteiger partial charge in [0.2, 0.25) is 0 Å². The number of furan rings is 1. The Labute approximate surface area is 108 Å². The molecule has 1 aromatic carbocycles. The Hall–Kier alpha value is -1.19. The highest BCUT2D eigenvalue weighted by molar-refractivity contribution is 6.39. The lowest BCUT2D eigenvalue weighted by Crippen LogP contribution is -2.06. The molecule has 17 heavy (non-hydrogen) atoms. The smallest absolute Gasteiger partial charge is 0.126 e. The van der Waals surface area contributed by atoms with E-state index >= 15 is 0 Å². The molecule has 2 nitrogen and oxygen atoms in total. The minimum absolute atomic E-state index is 0.0331. The third-order valence-electron chi connectivity index (χ3n) is 2.41. The fourth-order valence-corrected chi connectivity index (χ4v) is 2.07. The van der Waals surface area contributed by atoms with E-state index in [-0.39, 0.29) is 16.1 Å². The third-order valence-corrected chi connectivity index (χ3v) is 3.01. The Balaban J connectivity index is 2.25. The maximum Gasteiger partial charge on any atom is 0.126 e. The van der Waals surface area contributed by atoms with Gasteiger partial charge in [-0.3, -0.25) is 0 Å². The summed E-state index contributed by atoms with van der Waals surface area (Å²) < 4.78 is 18.0. The molecule has 0 saturated carbocycles. The average molecular weight is 274 g/mol. The molecule has 1 unspecified atom stereocenters. The molecule has 0 aliphatic heterocycles. The van der Waals surface area contributed by atoms with Crippen LogP contribution >= 0.6 is 23.2 Å². The lowest BCUT2D eigenvalue weighted by molar-refractivity contribution is 0.562. The minimum Gasteiger partial charge on any atom is -0.472 e. The Morgan fingerprint density at radius 3 is 2.47 bits per heavy atom. The Morgan fingerprint density at radius 1 is 1.29 bits per heavy atom. The lowest BCUT2D eigenvalue weighted by atomic mass is 10.1. The molecule has 1 heterocycles. The summed E-state index contributed by atoms with van der Waals surface area (Å²) >= 11 is 11.9. The number of nitrogens with one attached hydrogen (secondary N) is 1. The zero-order valence-electron chi connectivity index (χ0n) is 9.01. The van der Waals surface area contributed by atoms with E-state index in [2.05, 4.69) is 5.32 Å². The number of anilines is 1. The molecule has 0 spiro atoms. The van der Waals surface area contributed by atoms with E-state index in [1.807, 2.05) is 13.0 Å². The van der Waals surface area contributed by atoms with Crippen LogP contribution in [0, 0.1) is 5.82 Å². The van der Waals surface area contributed by atoms with Crippen molar-refractivity contribution in [3.63, 3.8) is 0 Å². The summed E-state index contributed by atoms with van der Waals surface area (Å²) in [5.41, 5.74) is 1.48. The van der Waals surface area contributed by atoms with Gasteiger partial charge in [-0.15, -0.1) is 0 Å². The largest absolute Gasteiger partial charge is 0.472 e. The van der Waals surface area contributed by atoms with E-state index in [0.29, 0.717) is 5.69 Å². The van der Waals surface area contributed by atoms with Crippen LogP contribution in [0.3, 0.4) is 0 Å². The van der Waals surface area contributed by atoms with Gasteiger partial charge in [0.15, 0.2) is 0 Å². The van der Waals surface area contributed by atoms with E-state index in [0.717, 1.165) is 5.56 Å². The number of hydrogen-bond donors (Lipinski definition) is 1. The molecule has 2 aromatic rings. The van der Waals surface area contributed by atoms with Gasteiger partial charge >= 0.3 is 0 Å². The first kappa shape index (κ1) is 12.3. The van der Waals surface area contributed by atoms with Crippen molar-refractivity contribution in [3.8, 4) is 0 Å². The van der Waals surface area contributed by atoms with Crippen molar-refractivity contribution in [2.24, 2.45) is 0 Å². The monoisotopic (exact) mass is 273 g/mol. The molecule has 0 bridgehead atoms. The number of rotatable bonds is 3. The van der Waals surface area contributed by atoms with Crippen molar-refractivity contribution in [1.29, 1.82) is 0 Å². The fourth-order valence-electron chi connectivity index (χ4n) is 1.50. The predicted molar refractivity (Wildman–Crippen MR) is 67.2 cm³/mol. The maximum absolute atomic E-state index is 13.0. The first-order valence-corrected chi connectivity index (χ1v) is 5.76. The molecule has 90 valence electrons. The first-order valence-electron chi connectivity index (χ1n) is 5.01. The Kier molecular flexibility index (Phi) is 3.60. The van der Waals surface area contributed by atoms with Crippen LogP contribution in [-0.4, -0.2) is 0 Å². The summed E-state index contributed by atoms with van der Waals surface area (Å²) in [7, 11) is 0. The number of hydrogen-bond acceptors (Lipinski definition) is 2. The second kappa shape index (κ2) is 4.98. The molecule has 0 radical (unpaired) electrons. The van der Waals surface area contributed by atoms with Gasteiger partial charge in [-0.25, -0.2) is 4.39 Å². The van der Waals surface area contributed by atoms with Crippen LogP contribution in [0.25, 0.3) is 0 Å². The van der Waals surface area contributed by atoms with Crippen LogP contribution in [0.2, 0.25) is 10.0 Å².